The molecule has 0 saturated carbocycles. The summed E-state index contributed by atoms with van der Waals surface area (Å²) in [5.74, 6) is 0. The Hall–Kier alpha value is -1.07. The first-order chi connectivity index (χ1) is 5.70. The summed E-state index contributed by atoms with van der Waals surface area (Å²) >= 11 is 0. The van der Waals surface area contributed by atoms with Crippen molar-refractivity contribution in [1.82, 2.24) is 9.78 Å². The fraction of sp³-hybridized carbons (Fsp3) is 0.571. The molecule has 1 aromatic heterocycles. The first kappa shape index (κ1) is 9.02. The summed E-state index contributed by atoms with van der Waals surface area (Å²) in [7, 11) is 4.90. The standard InChI is InChI=1S/C7H13N3O2/c1-10-6(5(8)4-9-10)7(11-2)12-3/h4,7H,8H2,1-3H3. The molecule has 0 aliphatic heterocycles. The fourth-order valence-electron chi connectivity index (χ4n) is 1.07. The molecule has 2 N–H and O–H groups in total. The number of methoxy groups -OCH3 is 2. The third-order valence-corrected chi connectivity index (χ3v) is 1.67. The van der Waals surface area contributed by atoms with Crippen molar-refractivity contribution in [2.45, 2.75) is 6.29 Å². The Morgan fingerprint density at radius 2 is 2.08 bits per heavy atom. The van der Waals surface area contributed by atoms with Gasteiger partial charge in [0.05, 0.1) is 11.9 Å². The SMILES string of the molecule is COC(OC)c1c(N)cnn1C. The van der Waals surface area contributed by atoms with Gasteiger partial charge in [-0.05, 0) is 0 Å². The maximum Gasteiger partial charge on any atom is 0.202 e. The molecule has 1 rings (SSSR count). The van der Waals surface area contributed by atoms with E-state index in [1.165, 1.54) is 0 Å². The number of aromatic nitrogens is 2. The summed E-state index contributed by atoms with van der Waals surface area (Å²) in [5.41, 5.74) is 6.96. The van der Waals surface area contributed by atoms with Gasteiger partial charge >= 0.3 is 0 Å². The quantitative estimate of drug-likeness (QED) is 0.664. The highest BCUT2D eigenvalue weighted by molar-refractivity contribution is 5.41. The van der Waals surface area contributed by atoms with E-state index in [1.54, 1.807) is 32.1 Å². The fourth-order valence-corrected chi connectivity index (χ4v) is 1.07. The van der Waals surface area contributed by atoms with Gasteiger partial charge in [0.15, 0.2) is 0 Å². The lowest BCUT2D eigenvalue weighted by Gasteiger charge is -2.13. The Morgan fingerprint density at radius 1 is 1.50 bits per heavy atom. The topological polar surface area (TPSA) is 62.3 Å². The van der Waals surface area contributed by atoms with Gasteiger partial charge in [-0.1, -0.05) is 0 Å². The summed E-state index contributed by atoms with van der Waals surface area (Å²) in [6.07, 6.45) is 1.12. The molecule has 0 bridgehead atoms. The van der Waals surface area contributed by atoms with Gasteiger partial charge in [0.25, 0.3) is 0 Å². The van der Waals surface area contributed by atoms with Gasteiger partial charge in [0.1, 0.15) is 5.69 Å². The lowest BCUT2D eigenvalue weighted by molar-refractivity contribution is -0.110. The molecule has 5 heteroatoms. The minimum atomic E-state index is -0.447. The molecule has 0 aromatic carbocycles. The molecular weight excluding hydrogens is 158 g/mol. The Balaban J connectivity index is 2.98. The highest BCUT2D eigenvalue weighted by Gasteiger charge is 2.16. The molecule has 0 aliphatic rings. The normalized spacial score (nSPS) is 11.0. The van der Waals surface area contributed by atoms with Gasteiger partial charge in [-0.25, -0.2) is 0 Å². The van der Waals surface area contributed by atoms with Crippen molar-refractivity contribution >= 4 is 5.69 Å². The first-order valence-electron chi connectivity index (χ1n) is 3.53. The van der Waals surface area contributed by atoms with Crippen molar-refractivity contribution in [3.8, 4) is 0 Å². The number of hydrogen-bond donors (Lipinski definition) is 1. The molecule has 0 radical (unpaired) electrons. The summed E-state index contributed by atoms with van der Waals surface area (Å²) in [5, 5.41) is 3.96. The predicted octanol–water partition coefficient (Wildman–Crippen LogP) is 0.294. The highest BCUT2D eigenvalue weighted by atomic mass is 16.7. The minimum Gasteiger partial charge on any atom is -0.396 e. The van der Waals surface area contributed by atoms with Crippen LogP contribution in [0.5, 0.6) is 0 Å². The van der Waals surface area contributed by atoms with Crippen LogP contribution in [0.15, 0.2) is 6.20 Å². The second-order valence-electron chi connectivity index (χ2n) is 2.41. The van der Waals surface area contributed by atoms with Crippen molar-refractivity contribution in [2.75, 3.05) is 20.0 Å². The van der Waals surface area contributed by atoms with Crippen LogP contribution in [-0.4, -0.2) is 24.0 Å². The van der Waals surface area contributed by atoms with Crippen LogP contribution in [0.4, 0.5) is 5.69 Å². The average molecular weight is 171 g/mol. The van der Waals surface area contributed by atoms with E-state index >= 15 is 0 Å². The van der Waals surface area contributed by atoms with E-state index in [-0.39, 0.29) is 0 Å². The molecule has 0 amide bonds. The third kappa shape index (κ3) is 1.41. The van der Waals surface area contributed by atoms with Crippen LogP contribution in [-0.2, 0) is 16.5 Å². The predicted molar refractivity (Wildman–Crippen MR) is 44.4 cm³/mol. The van der Waals surface area contributed by atoms with Gasteiger partial charge in [-0.2, -0.15) is 5.10 Å². The third-order valence-electron chi connectivity index (χ3n) is 1.67. The molecule has 0 fully saturated rings. The molecule has 0 unspecified atom stereocenters. The van der Waals surface area contributed by atoms with Gasteiger partial charge in [0, 0.05) is 21.3 Å². The molecular formula is C7H13N3O2. The minimum absolute atomic E-state index is 0.447. The smallest absolute Gasteiger partial charge is 0.202 e. The molecule has 0 spiro atoms. The number of nitrogen functional groups attached to an aromatic ring is 1. The lowest BCUT2D eigenvalue weighted by atomic mass is 10.3. The van der Waals surface area contributed by atoms with Crippen LogP contribution in [0.1, 0.15) is 12.0 Å². The zero-order valence-electron chi connectivity index (χ0n) is 7.44. The second kappa shape index (κ2) is 3.55. The van der Waals surface area contributed by atoms with Crippen LogP contribution < -0.4 is 5.73 Å². The maximum absolute atomic E-state index is 5.65. The molecule has 0 atom stereocenters. The zero-order chi connectivity index (χ0) is 9.14. The maximum atomic E-state index is 5.65. The molecule has 68 valence electrons. The number of anilines is 1. The number of nitrogens with two attached hydrogens (primary N) is 1. The van der Waals surface area contributed by atoms with Crippen LogP contribution in [0.3, 0.4) is 0 Å². The first-order valence-corrected chi connectivity index (χ1v) is 3.53. The average Bonchev–Trinajstić information content (AvgIpc) is 2.38. The monoisotopic (exact) mass is 171 g/mol. The van der Waals surface area contributed by atoms with Gasteiger partial charge in [0.2, 0.25) is 6.29 Å². The van der Waals surface area contributed by atoms with E-state index in [9.17, 15) is 0 Å². The van der Waals surface area contributed by atoms with Crippen LogP contribution in [0, 0.1) is 0 Å². The number of hydrogen-bond acceptors (Lipinski definition) is 4. The van der Waals surface area contributed by atoms with Gasteiger partial charge in [-0.3, -0.25) is 4.68 Å². The van der Waals surface area contributed by atoms with Crippen molar-refractivity contribution < 1.29 is 9.47 Å². The molecule has 0 aliphatic carbocycles. The molecule has 1 heterocycles. The van der Waals surface area contributed by atoms with Crippen LogP contribution in [0.25, 0.3) is 0 Å². The van der Waals surface area contributed by atoms with E-state index in [0.717, 1.165) is 5.69 Å². The largest absolute Gasteiger partial charge is 0.396 e. The van der Waals surface area contributed by atoms with E-state index < -0.39 is 6.29 Å². The number of ether oxygens (including phenoxy) is 2. The van der Waals surface area contributed by atoms with Crippen molar-refractivity contribution in [2.24, 2.45) is 7.05 Å². The van der Waals surface area contributed by atoms with Crippen molar-refractivity contribution in [3.05, 3.63) is 11.9 Å². The van der Waals surface area contributed by atoms with Crippen molar-refractivity contribution in [1.29, 1.82) is 0 Å². The molecule has 5 nitrogen and oxygen atoms in total. The Labute approximate surface area is 71.1 Å². The Morgan fingerprint density at radius 3 is 2.42 bits per heavy atom. The van der Waals surface area contributed by atoms with E-state index in [2.05, 4.69) is 5.10 Å². The number of nitrogens with zero attached hydrogens (tertiary/aromatic N) is 2. The Bertz CT molecular complexity index is 236. The van der Waals surface area contributed by atoms with E-state index in [1.807, 2.05) is 0 Å². The van der Waals surface area contributed by atoms with E-state index in [4.69, 9.17) is 15.2 Å². The molecule has 12 heavy (non-hydrogen) atoms. The summed E-state index contributed by atoms with van der Waals surface area (Å²) in [6.45, 7) is 0. The van der Waals surface area contributed by atoms with Gasteiger partial charge in [-0.15, -0.1) is 0 Å². The molecule has 1 aromatic rings. The van der Waals surface area contributed by atoms with Crippen molar-refractivity contribution in [3.63, 3.8) is 0 Å². The molecule has 0 saturated heterocycles. The Kier molecular flexibility index (Phi) is 2.67. The number of rotatable bonds is 3. The number of aryl methyl sites for hydroxylation is 1. The highest BCUT2D eigenvalue weighted by Crippen LogP contribution is 2.21. The summed E-state index contributed by atoms with van der Waals surface area (Å²) in [6, 6.07) is 0. The van der Waals surface area contributed by atoms with Crippen LogP contribution >= 0.6 is 0 Å². The zero-order valence-corrected chi connectivity index (χ0v) is 7.44. The van der Waals surface area contributed by atoms with Gasteiger partial charge < -0.3 is 15.2 Å². The lowest BCUT2D eigenvalue weighted by Crippen LogP contribution is -2.11. The second-order valence-corrected chi connectivity index (χ2v) is 2.41. The van der Waals surface area contributed by atoms with Crippen LogP contribution in [0.2, 0.25) is 0 Å². The summed E-state index contributed by atoms with van der Waals surface area (Å²) < 4.78 is 11.7. The van der Waals surface area contributed by atoms with E-state index in [0.29, 0.717) is 5.69 Å². The summed E-state index contributed by atoms with van der Waals surface area (Å²) in [4.78, 5) is 0.